The zero-order chi connectivity index (χ0) is 16.4. The van der Waals surface area contributed by atoms with Gasteiger partial charge in [0.25, 0.3) is 0 Å². The van der Waals surface area contributed by atoms with Crippen LogP contribution in [-0.2, 0) is 4.79 Å². The average molecular weight is 362 g/mol. The second-order valence-electron chi connectivity index (χ2n) is 5.43. The zero-order valence-electron chi connectivity index (χ0n) is 13.5. The molecule has 4 nitrogen and oxygen atoms in total. The highest BCUT2D eigenvalue weighted by Crippen LogP contribution is 2.30. The summed E-state index contributed by atoms with van der Waals surface area (Å²) >= 11 is 3.62. The Morgan fingerprint density at radius 3 is 2.45 bits per heavy atom. The number of amides is 1. The number of carbonyl (C=O) groups is 1. The van der Waals surface area contributed by atoms with E-state index in [1.54, 1.807) is 6.21 Å². The number of hydrazone groups is 1. The molecule has 5 heteroatoms. The van der Waals surface area contributed by atoms with E-state index in [1.165, 1.54) is 18.1 Å². The van der Waals surface area contributed by atoms with Crippen LogP contribution in [0.15, 0.2) is 27.8 Å². The van der Waals surface area contributed by atoms with Crippen LogP contribution in [0, 0.1) is 27.7 Å². The van der Waals surface area contributed by atoms with Gasteiger partial charge in [0.2, 0.25) is 5.91 Å². The first-order chi connectivity index (χ1) is 10.3. The number of carbonyl (C=O) groups excluding carboxylic acids is 1. The summed E-state index contributed by atoms with van der Waals surface area (Å²) in [6.45, 7) is 9.76. The second kappa shape index (κ2) is 6.48. The summed E-state index contributed by atoms with van der Waals surface area (Å²) in [4.78, 5) is 10.9. The highest BCUT2D eigenvalue weighted by Gasteiger charge is 2.16. The summed E-state index contributed by atoms with van der Waals surface area (Å²) in [6.07, 6.45) is 1.67. The van der Waals surface area contributed by atoms with Crippen molar-refractivity contribution in [1.82, 2.24) is 9.99 Å². The monoisotopic (exact) mass is 361 g/mol. The van der Waals surface area contributed by atoms with Crippen molar-refractivity contribution in [3.63, 3.8) is 0 Å². The second-order valence-corrected chi connectivity index (χ2v) is 6.22. The van der Waals surface area contributed by atoms with Gasteiger partial charge in [-0.05, 0) is 66.9 Å². The van der Waals surface area contributed by atoms with Crippen LogP contribution in [0.4, 0.5) is 0 Å². The van der Waals surface area contributed by atoms with Gasteiger partial charge >= 0.3 is 0 Å². The first-order valence-corrected chi connectivity index (χ1v) is 7.87. The lowest BCUT2D eigenvalue weighted by Gasteiger charge is -2.11. The maximum atomic E-state index is 10.9. The van der Waals surface area contributed by atoms with E-state index in [-0.39, 0.29) is 5.91 Å². The van der Waals surface area contributed by atoms with Crippen molar-refractivity contribution in [1.29, 1.82) is 0 Å². The molecular formula is C17H20BrN3O. The fraction of sp³-hybridized carbons (Fsp3) is 0.294. The molecule has 1 N–H and O–H groups in total. The van der Waals surface area contributed by atoms with Gasteiger partial charge in [-0.3, -0.25) is 4.79 Å². The van der Waals surface area contributed by atoms with E-state index in [4.69, 9.17) is 0 Å². The summed E-state index contributed by atoms with van der Waals surface area (Å²) in [5.74, 6) is -0.185. The summed E-state index contributed by atoms with van der Waals surface area (Å²) in [5.41, 5.74) is 9.23. The van der Waals surface area contributed by atoms with Crippen LogP contribution in [0.25, 0.3) is 5.69 Å². The maximum absolute atomic E-state index is 10.9. The van der Waals surface area contributed by atoms with Crippen LogP contribution in [0.2, 0.25) is 0 Å². The minimum Gasteiger partial charge on any atom is -0.317 e. The normalized spacial score (nSPS) is 11.2. The lowest BCUT2D eigenvalue weighted by molar-refractivity contribution is -0.118. The number of halogens is 1. The van der Waals surface area contributed by atoms with Gasteiger partial charge in [-0.2, -0.15) is 5.10 Å². The van der Waals surface area contributed by atoms with E-state index in [2.05, 4.69) is 70.0 Å². The Bertz CT molecular complexity index is 760. The fourth-order valence-corrected chi connectivity index (χ4v) is 2.98. The lowest BCUT2D eigenvalue weighted by Crippen LogP contribution is -2.12. The first kappa shape index (κ1) is 16.5. The van der Waals surface area contributed by atoms with Gasteiger partial charge in [-0.25, -0.2) is 5.43 Å². The number of aryl methyl sites for hydroxylation is 2. The predicted molar refractivity (Wildman–Crippen MR) is 93.8 cm³/mol. The molecule has 1 heterocycles. The van der Waals surface area contributed by atoms with Crippen molar-refractivity contribution >= 4 is 28.1 Å². The van der Waals surface area contributed by atoms with Gasteiger partial charge in [0.15, 0.2) is 0 Å². The van der Waals surface area contributed by atoms with Crippen LogP contribution < -0.4 is 5.43 Å². The van der Waals surface area contributed by atoms with Crippen LogP contribution >= 0.6 is 15.9 Å². The predicted octanol–water partition coefficient (Wildman–Crippen LogP) is 3.94. The standard InChI is InChI=1S/C17H20BrN3O/c1-10-6-7-15(8-11(10)2)21-12(3)16(17(18)13(21)4)9-19-20-14(5)22/h6-9H,1-5H3,(H,20,22)/b19-9-. The third-order valence-corrected chi connectivity index (χ3v) is 4.78. The average Bonchev–Trinajstić information content (AvgIpc) is 2.65. The van der Waals surface area contributed by atoms with Crippen molar-refractivity contribution in [3.8, 4) is 5.69 Å². The number of nitrogens with one attached hydrogen (secondary N) is 1. The molecule has 0 saturated carbocycles. The van der Waals surface area contributed by atoms with E-state index >= 15 is 0 Å². The highest BCUT2D eigenvalue weighted by molar-refractivity contribution is 9.10. The van der Waals surface area contributed by atoms with E-state index < -0.39 is 0 Å². The molecule has 0 aliphatic heterocycles. The Balaban J connectivity index is 2.51. The number of benzene rings is 1. The Morgan fingerprint density at radius 1 is 1.18 bits per heavy atom. The molecule has 0 fully saturated rings. The van der Waals surface area contributed by atoms with Crippen LogP contribution in [-0.4, -0.2) is 16.7 Å². The SMILES string of the molecule is CC(=O)N/N=C\c1c(Br)c(C)n(-c2ccc(C)c(C)c2)c1C. The van der Waals surface area contributed by atoms with E-state index in [0.29, 0.717) is 0 Å². The minimum atomic E-state index is -0.185. The number of hydrogen-bond donors (Lipinski definition) is 1. The molecule has 0 spiro atoms. The van der Waals surface area contributed by atoms with Crippen molar-refractivity contribution in [3.05, 3.63) is 50.8 Å². The quantitative estimate of drug-likeness (QED) is 0.652. The number of rotatable bonds is 3. The summed E-state index contributed by atoms with van der Waals surface area (Å²) in [7, 11) is 0. The van der Waals surface area contributed by atoms with Gasteiger partial charge < -0.3 is 4.57 Å². The molecule has 1 amide bonds. The molecule has 0 aliphatic rings. The molecule has 0 atom stereocenters. The van der Waals surface area contributed by atoms with Gasteiger partial charge in [-0.1, -0.05) is 6.07 Å². The van der Waals surface area contributed by atoms with Gasteiger partial charge in [0.1, 0.15) is 0 Å². The largest absolute Gasteiger partial charge is 0.317 e. The Kier molecular flexibility index (Phi) is 4.86. The first-order valence-electron chi connectivity index (χ1n) is 7.07. The molecule has 2 rings (SSSR count). The summed E-state index contributed by atoms with van der Waals surface area (Å²) in [6, 6.07) is 6.42. The van der Waals surface area contributed by atoms with Gasteiger partial charge in [-0.15, -0.1) is 0 Å². The molecule has 0 aliphatic carbocycles. The van der Waals surface area contributed by atoms with Crippen molar-refractivity contribution in [2.45, 2.75) is 34.6 Å². The lowest BCUT2D eigenvalue weighted by atomic mass is 10.1. The van der Waals surface area contributed by atoms with Gasteiger partial charge in [0.05, 0.1) is 6.21 Å². The Hall–Kier alpha value is -1.88. The molecular weight excluding hydrogens is 342 g/mol. The molecule has 116 valence electrons. The van der Waals surface area contributed by atoms with Crippen molar-refractivity contribution < 1.29 is 4.79 Å². The minimum absolute atomic E-state index is 0.185. The molecule has 0 bridgehead atoms. The highest BCUT2D eigenvalue weighted by atomic mass is 79.9. The molecule has 2 aromatic rings. The molecule has 0 unspecified atom stereocenters. The molecule has 1 aromatic heterocycles. The van der Waals surface area contributed by atoms with Crippen molar-refractivity contribution in [2.24, 2.45) is 5.10 Å². The topological polar surface area (TPSA) is 46.4 Å². The van der Waals surface area contributed by atoms with Gasteiger partial charge in [0, 0.05) is 34.0 Å². The van der Waals surface area contributed by atoms with E-state index in [1.807, 2.05) is 6.92 Å². The Labute approximate surface area is 139 Å². The van der Waals surface area contributed by atoms with Crippen molar-refractivity contribution in [2.75, 3.05) is 0 Å². The number of aromatic nitrogens is 1. The zero-order valence-corrected chi connectivity index (χ0v) is 15.1. The van der Waals surface area contributed by atoms with E-state index in [0.717, 1.165) is 27.1 Å². The van der Waals surface area contributed by atoms with Crippen LogP contribution in [0.5, 0.6) is 0 Å². The third-order valence-electron chi connectivity index (χ3n) is 3.78. The van der Waals surface area contributed by atoms with Crippen LogP contribution in [0.3, 0.4) is 0 Å². The third kappa shape index (κ3) is 3.14. The Morgan fingerprint density at radius 2 is 1.86 bits per heavy atom. The summed E-state index contributed by atoms with van der Waals surface area (Å²) < 4.78 is 3.17. The fourth-order valence-electron chi connectivity index (χ4n) is 2.41. The number of nitrogens with zero attached hydrogens (tertiary/aromatic N) is 2. The molecule has 0 radical (unpaired) electrons. The smallest absolute Gasteiger partial charge is 0.236 e. The van der Waals surface area contributed by atoms with E-state index in [9.17, 15) is 4.79 Å². The molecule has 0 saturated heterocycles. The molecule has 22 heavy (non-hydrogen) atoms. The number of hydrogen-bond acceptors (Lipinski definition) is 2. The summed E-state index contributed by atoms with van der Waals surface area (Å²) in [5, 5.41) is 3.97. The van der Waals surface area contributed by atoms with Crippen LogP contribution in [0.1, 0.15) is 35.0 Å². The maximum Gasteiger partial charge on any atom is 0.236 e. The molecule has 1 aromatic carbocycles.